The van der Waals surface area contributed by atoms with Crippen molar-refractivity contribution >= 4 is 33.4 Å². The number of pyridine rings is 2. The molecule has 0 aliphatic heterocycles. The molecule has 10 nitrogen and oxygen atoms in total. The molecule has 2 heterocycles. The van der Waals surface area contributed by atoms with Crippen molar-refractivity contribution in [2.45, 2.75) is 25.2 Å². The molecule has 2 aromatic heterocycles. The standard InChI is InChI=1S/C23H24F2N6O4S/c1-27-36(34,35)30-21-19(25)14(7-8-28-21)9-15-10-16(20(26)32)22(31(2)23(15)33)29-18-6-5-13(11-17(18)24)12-3-4-12/h5-8,10-12,27,29H,3-4,9H2,1-2H3,(H2,26,32)(H,28,30). The van der Waals surface area contributed by atoms with Gasteiger partial charge in [0, 0.05) is 32.3 Å². The van der Waals surface area contributed by atoms with Crippen molar-refractivity contribution in [2.75, 3.05) is 17.1 Å². The number of rotatable bonds is 9. The number of aromatic nitrogens is 2. The summed E-state index contributed by atoms with van der Waals surface area (Å²) >= 11 is 0. The summed E-state index contributed by atoms with van der Waals surface area (Å²) in [6, 6.07) is 7.22. The normalized spacial score (nSPS) is 13.4. The quantitative estimate of drug-likeness (QED) is 0.342. The lowest BCUT2D eigenvalue weighted by Crippen LogP contribution is -2.28. The van der Waals surface area contributed by atoms with Crippen LogP contribution in [-0.2, 0) is 23.7 Å². The van der Waals surface area contributed by atoms with Crippen molar-refractivity contribution in [1.82, 2.24) is 14.3 Å². The molecule has 1 amide bonds. The van der Waals surface area contributed by atoms with Crippen molar-refractivity contribution < 1.29 is 22.0 Å². The average molecular weight is 519 g/mol. The van der Waals surface area contributed by atoms with Gasteiger partial charge in [-0.15, -0.1) is 0 Å². The van der Waals surface area contributed by atoms with Crippen LogP contribution in [0.2, 0.25) is 0 Å². The van der Waals surface area contributed by atoms with Gasteiger partial charge in [0.15, 0.2) is 11.6 Å². The molecule has 5 N–H and O–H groups in total. The molecule has 0 bridgehead atoms. The number of carbonyl (C=O) groups excluding carboxylic acids is 1. The molecule has 0 spiro atoms. The van der Waals surface area contributed by atoms with Crippen LogP contribution in [0.25, 0.3) is 0 Å². The van der Waals surface area contributed by atoms with Gasteiger partial charge in [-0.3, -0.25) is 18.9 Å². The fourth-order valence-corrected chi connectivity index (χ4v) is 4.27. The topological polar surface area (TPSA) is 148 Å². The number of halogens is 2. The van der Waals surface area contributed by atoms with Gasteiger partial charge in [-0.25, -0.2) is 18.5 Å². The van der Waals surface area contributed by atoms with E-state index in [1.165, 1.54) is 37.5 Å². The number of carbonyl (C=O) groups is 1. The molecular formula is C23H24F2N6O4S. The SMILES string of the molecule is CNS(=O)(=O)Nc1nccc(Cc2cc(C(N)=O)c(Nc3ccc(C4CC4)cc3F)n(C)c2=O)c1F. The second-order valence-electron chi connectivity index (χ2n) is 8.42. The van der Waals surface area contributed by atoms with Crippen LogP contribution in [-0.4, -0.2) is 30.9 Å². The van der Waals surface area contributed by atoms with Crippen LogP contribution in [0.15, 0.2) is 41.3 Å². The van der Waals surface area contributed by atoms with E-state index in [2.05, 4.69) is 10.3 Å². The molecule has 1 aliphatic carbocycles. The first-order chi connectivity index (χ1) is 17.0. The first kappa shape index (κ1) is 25.3. The lowest BCUT2D eigenvalue weighted by Gasteiger charge is -2.17. The monoisotopic (exact) mass is 518 g/mol. The Morgan fingerprint density at radius 1 is 1.19 bits per heavy atom. The second-order valence-corrected chi connectivity index (χ2v) is 10.0. The van der Waals surface area contributed by atoms with Gasteiger partial charge in [0.25, 0.3) is 21.7 Å². The number of hydrogen-bond donors (Lipinski definition) is 4. The summed E-state index contributed by atoms with van der Waals surface area (Å²) in [7, 11) is -1.52. The fraction of sp³-hybridized carbons (Fsp3) is 0.261. The number of nitrogens with zero attached hydrogens (tertiary/aromatic N) is 2. The summed E-state index contributed by atoms with van der Waals surface area (Å²) < 4.78 is 58.1. The van der Waals surface area contributed by atoms with Gasteiger partial charge in [-0.05, 0) is 54.2 Å². The molecule has 1 aromatic carbocycles. The van der Waals surface area contributed by atoms with E-state index in [4.69, 9.17) is 5.73 Å². The van der Waals surface area contributed by atoms with Crippen LogP contribution in [0.4, 0.5) is 26.1 Å². The van der Waals surface area contributed by atoms with Gasteiger partial charge < -0.3 is 11.1 Å². The van der Waals surface area contributed by atoms with Crippen molar-refractivity contribution in [1.29, 1.82) is 0 Å². The van der Waals surface area contributed by atoms with Crippen LogP contribution in [0.3, 0.4) is 0 Å². The zero-order chi connectivity index (χ0) is 26.2. The highest BCUT2D eigenvalue weighted by atomic mass is 32.2. The minimum atomic E-state index is -4.03. The first-order valence-corrected chi connectivity index (χ1v) is 12.4. The smallest absolute Gasteiger partial charge is 0.300 e. The maximum absolute atomic E-state index is 14.9. The van der Waals surface area contributed by atoms with E-state index < -0.39 is 39.1 Å². The average Bonchev–Trinajstić information content (AvgIpc) is 3.67. The third kappa shape index (κ3) is 5.21. The molecule has 190 valence electrons. The van der Waals surface area contributed by atoms with Crippen molar-refractivity contribution in [3.63, 3.8) is 0 Å². The Labute approximate surface area is 205 Å². The number of hydrogen-bond acceptors (Lipinski definition) is 6. The molecule has 0 saturated heterocycles. The van der Waals surface area contributed by atoms with E-state index in [0.717, 1.165) is 30.0 Å². The number of benzene rings is 1. The summed E-state index contributed by atoms with van der Waals surface area (Å²) in [6.45, 7) is 0. The predicted molar refractivity (Wildman–Crippen MR) is 130 cm³/mol. The maximum Gasteiger partial charge on any atom is 0.300 e. The molecular weight excluding hydrogens is 494 g/mol. The summed E-state index contributed by atoms with van der Waals surface area (Å²) in [5, 5.41) is 2.78. The molecule has 1 saturated carbocycles. The summed E-state index contributed by atoms with van der Waals surface area (Å²) in [5.74, 6) is -2.65. The Morgan fingerprint density at radius 2 is 1.92 bits per heavy atom. The van der Waals surface area contributed by atoms with E-state index in [1.807, 2.05) is 9.44 Å². The van der Waals surface area contributed by atoms with E-state index in [1.54, 1.807) is 6.07 Å². The molecule has 1 aliphatic rings. The van der Waals surface area contributed by atoms with E-state index in [0.29, 0.717) is 5.92 Å². The molecule has 3 aromatic rings. The molecule has 0 unspecified atom stereocenters. The number of anilines is 3. The molecule has 4 rings (SSSR count). The first-order valence-electron chi connectivity index (χ1n) is 10.9. The minimum Gasteiger partial charge on any atom is -0.365 e. The molecule has 0 atom stereocenters. The Kier molecular flexibility index (Phi) is 6.78. The summed E-state index contributed by atoms with van der Waals surface area (Å²) in [4.78, 5) is 29.0. The minimum absolute atomic E-state index is 0.00827. The lowest BCUT2D eigenvalue weighted by atomic mass is 10.0. The lowest BCUT2D eigenvalue weighted by molar-refractivity contribution is 0.100. The molecule has 0 radical (unpaired) electrons. The number of nitrogens with one attached hydrogen (secondary N) is 3. The second kappa shape index (κ2) is 9.66. The number of primary amides is 1. The Bertz CT molecular complexity index is 1520. The zero-order valence-corrected chi connectivity index (χ0v) is 20.2. The molecule has 36 heavy (non-hydrogen) atoms. The third-order valence-corrected chi connectivity index (χ3v) is 6.90. The van der Waals surface area contributed by atoms with Gasteiger partial charge in [0.1, 0.15) is 11.6 Å². The Morgan fingerprint density at radius 3 is 2.53 bits per heavy atom. The highest BCUT2D eigenvalue weighted by molar-refractivity contribution is 7.90. The maximum atomic E-state index is 14.9. The van der Waals surface area contributed by atoms with E-state index in [9.17, 15) is 26.8 Å². The van der Waals surface area contributed by atoms with Crippen LogP contribution in [0.1, 0.15) is 45.8 Å². The largest absolute Gasteiger partial charge is 0.365 e. The highest BCUT2D eigenvalue weighted by Crippen LogP contribution is 2.41. The van der Waals surface area contributed by atoms with Gasteiger partial charge in [-0.2, -0.15) is 8.42 Å². The van der Waals surface area contributed by atoms with Crippen molar-refractivity contribution in [3.05, 3.63) is 80.8 Å². The molecule has 1 fully saturated rings. The van der Waals surface area contributed by atoms with Gasteiger partial charge in [-0.1, -0.05) is 6.07 Å². The van der Waals surface area contributed by atoms with Crippen LogP contribution >= 0.6 is 0 Å². The summed E-state index contributed by atoms with van der Waals surface area (Å²) in [5.41, 5.74) is 5.75. The predicted octanol–water partition coefficient (Wildman–Crippen LogP) is 2.25. The number of amides is 1. The van der Waals surface area contributed by atoms with Crippen molar-refractivity contribution in [3.8, 4) is 0 Å². The highest BCUT2D eigenvalue weighted by Gasteiger charge is 2.25. The van der Waals surface area contributed by atoms with E-state index in [-0.39, 0.29) is 34.6 Å². The third-order valence-electron chi connectivity index (χ3n) is 5.90. The fourth-order valence-electron chi connectivity index (χ4n) is 3.77. The number of nitrogens with two attached hydrogens (primary N) is 1. The van der Waals surface area contributed by atoms with Crippen LogP contribution < -0.4 is 26.1 Å². The van der Waals surface area contributed by atoms with Crippen molar-refractivity contribution in [2.24, 2.45) is 12.8 Å². The van der Waals surface area contributed by atoms with E-state index >= 15 is 0 Å². The summed E-state index contributed by atoms with van der Waals surface area (Å²) in [6.07, 6.45) is 2.90. The Balaban J connectivity index is 1.70. The van der Waals surface area contributed by atoms with Gasteiger partial charge in [0.2, 0.25) is 0 Å². The zero-order valence-electron chi connectivity index (χ0n) is 19.4. The van der Waals surface area contributed by atoms with Gasteiger partial charge in [0.05, 0.1) is 11.3 Å². The van der Waals surface area contributed by atoms with Gasteiger partial charge >= 0.3 is 0 Å². The Hall–Kier alpha value is -3.84. The van der Waals surface area contributed by atoms with Crippen LogP contribution in [0.5, 0.6) is 0 Å². The van der Waals surface area contributed by atoms with Crippen LogP contribution in [0, 0.1) is 11.6 Å². The molecule has 13 heteroatoms.